The van der Waals surface area contributed by atoms with Crippen LogP contribution >= 0.6 is 0 Å². The lowest BCUT2D eigenvalue weighted by molar-refractivity contribution is 0.414. The van der Waals surface area contributed by atoms with Crippen molar-refractivity contribution in [3.63, 3.8) is 0 Å². The Hall–Kier alpha value is -2.69. The highest BCUT2D eigenvalue weighted by Crippen LogP contribution is 2.11. The molecule has 0 bridgehead atoms. The molecule has 0 amide bonds. The number of aliphatic imine (C=N–C) groups is 1. The van der Waals surface area contributed by atoms with Crippen LogP contribution in [0.1, 0.15) is 18.9 Å². The molecular weight excluding hydrogens is 324 g/mol. The average molecular weight is 354 g/mol. The monoisotopic (exact) mass is 354 g/mol. The topological polar surface area (TPSA) is 57.7 Å². The minimum absolute atomic E-state index is 0.789. The molecule has 0 spiro atoms. The molecule has 0 fully saturated rings. The van der Waals surface area contributed by atoms with Gasteiger partial charge < -0.3 is 20.7 Å². The van der Waals surface area contributed by atoms with Crippen LogP contribution in [0, 0.1) is 0 Å². The van der Waals surface area contributed by atoms with Gasteiger partial charge in [-0.1, -0.05) is 30.3 Å². The molecule has 2 rings (SSSR count). The van der Waals surface area contributed by atoms with E-state index in [-0.39, 0.29) is 0 Å². The number of anilines is 1. The lowest BCUT2D eigenvalue weighted by atomic mass is 10.1. The van der Waals surface area contributed by atoms with E-state index in [0.29, 0.717) is 0 Å². The van der Waals surface area contributed by atoms with Crippen molar-refractivity contribution in [1.82, 2.24) is 10.6 Å². The number of hydrogen-bond acceptors (Lipinski definition) is 3. The standard InChI is InChI=1S/C21H30N4O/c1-3-22-21(24-16-7-15-23-19-8-5-4-6-9-19)25-17-14-18-10-12-20(26-2)13-11-18/h4-6,8-13,23H,3,7,14-17H2,1-2H3,(H2,22,24,25). The number of guanidine groups is 1. The van der Waals surface area contributed by atoms with E-state index in [1.165, 1.54) is 5.56 Å². The molecule has 0 aliphatic heterocycles. The lowest BCUT2D eigenvalue weighted by Crippen LogP contribution is -2.38. The number of benzene rings is 2. The maximum Gasteiger partial charge on any atom is 0.191 e. The Labute approximate surface area is 156 Å². The third kappa shape index (κ3) is 7.47. The first-order valence-corrected chi connectivity index (χ1v) is 9.26. The van der Waals surface area contributed by atoms with Crippen molar-refractivity contribution < 1.29 is 4.74 Å². The summed E-state index contributed by atoms with van der Waals surface area (Å²) in [6.45, 7) is 5.49. The first kappa shape index (κ1) is 19.6. The summed E-state index contributed by atoms with van der Waals surface area (Å²) < 4.78 is 5.19. The van der Waals surface area contributed by atoms with E-state index in [4.69, 9.17) is 4.74 Å². The Bertz CT molecular complexity index is 641. The van der Waals surface area contributed by atoms with Gasteiger partial charge in [0, 0.05) is 31.9 Å². The number of nitrogens with one attached hydrogen (secondary N) is 3. The molecule has 0 aliphatic carbocycles. The molecule has 5 nitrogen and oxygen atoms in total. The lowest BCUT2D eigenvalue weighted by Gasteiger charge is -2.12. The fourth-order valence-electron chi connectivity index (χ4n) is 2.52. The smallest absolute Gasteiger partial charge is 0.191 e. The van der Waals surface area contributed by atoms with Gasteiger partial charge in [-0.3, -0.25) is 4.99 Å². The maximum absolute atomic E-state index is 5.19. The van der Waals surface area contributed by atoms with Gasteiger partial charge in [0.25, 0.3) is 0 Å². The van der Waals surface area contributed by atoms with Gasteiger partial charge in [-0.15, -0.1) is 0 Å². The third-order valence-electron chi connectivity index (χ3n) is 3.92. The molecule has 0 heterocycles. The number of ether oxygens (including phenoxy) is 1. The Balaban J connectivity index is 1.68. The summed E-state index contributed by atoms with van der Waals surface area (Å²) in [5.41, 5.74) is 2.43. The largest absolute Gasteiger partial charge is 0.497 e. The highest BCUT2D eigenvalue weighted by atomic mass is 16.5. The highest BCUT2D eigenvalue weighted by Gasteiger charge is 1.99. The van der Waals surface area contributed by atoms with E-state index in [1.54, 1.807) is 7.11 Å². The molecule has 2 aromatic rings. The van der Waals surface area contributed by atoms with Gasteiger partial charge in [-0.25, -0.2) is 0 Å². The number of hydrogen-bond donors (Lipinski definition) is 3. The summed E-state index contributed by atoms with van der Waals surface area (Å²) in [6, 6.07) is 18.4. The SMILES string of the molecule is CCNC(=NCCCNc1ccccc1)NCCc1ccc(OC)cc1. The van der Waals surface area contributed by atoms with Gasteiger partial charge in [0.1, 0.15) is 5.75 Å². The molecule has 0 radical (unpaired) electrons. The zero-order chi connectivity index (χ0) is 18.5. The van der Waals surface area contributed by atoms with Crippen LogP contribution in [0.3, 0.4) is 0 Å². The first-order chi connectivity index (χ1) is 12.8. The fraction of sp³-hybridized carbons (Fsp3) is 0.381. The Morgan fingerprint density at radius 2 is 1.73 bits per heavy atom. The van der Waals surface area contributed by atoms with Gasteiger partial charge in [-0.05, 0) is 49.6 Å². The number of methoxy groups -OCH3 is 1. The van der Waals surface area contributed by atoms with Crippen LogP contribution in [0.5, 0.6) is 5.75 Å². The van der Waals surface area contributed by atoms with Gasteiger partial charge in [0.2, 0.25) is 0 Å². The van der Waals surface area contributed by atoms with Crippen LogP contribution in [0.2, 0.25) is 0 Å². The van der Waals surface area contributed by atoms with Crippen LogP contribution in [0.4, 0.5) is 5.69 Å². The number of rotatable bonds is 10. The molecule has 5 heteroatoms. The predicted octanol–water partition coefficient (Wildman–Crippen LogP) is 3.30. The second-order valence-electron chi connectivity index (χ2n) is 5.93. The Kier molecular flexibility index (Phi) is 8.90. The van der Waals surface area contributed by atoms with Gasteiger partial charge in [0.05, 0.1) is 7.11 Å². The summed E-state index contributed by atoms with van der Waals surface area (Å²) in [6.07, 6.45) is 1.94. The minimum Gasteiger partial charge on any atom is -0.497 e. The third-order valence-corrected chi connectivity index (χ3v) is 3.92. The van der Waals surface area contributed by atoms with E-state index < -0.39 is 0 Å². The fourth-order valence-corrected chi connectivity index (χ4v) is 2.52. The average Bonchev–Trinajstić information content (AvgIpc) is 2.69. The normalized spacial score (nSPS) is 11.1. The van der Waals surface area contributed by atoms with Crippen molar-refractivity contribution in [2.45, 2.75) is 19.8 Å². The van der Waals surface area contributed by atoms with Crippen molar-refractivity contribution in [3.8, 4) is 5.75 Å². The molecule has 140 valence electrons. The molecule has 0 aliphatic rings. The number of para-hydroxylation sites is 1. The van der Waals surface area contributed by atoms with Crippen molar-refractivity contribution >= 4 is 11.6 Å². The zero-order valence-corrected chi connectivity index (χ0v) is 15.8. The van der Waals surface area contributed by atoms with Crippen LogP contribution in [-0.4, -0.2) is 39.2 Å². The van der Waals surface area contributed by atoms with Crippen LogP contribution in [0.15, 0.2) is 59.6 Å². The van der Waals surface area contributed by atoms with Crippen molar-refractivity contribution in [2.24, 2.45) is 4.99 Å². The summed E-state index contributed by atoms with van der Waals surface area (Å²) >= 11 is 0. The van der Waals surface area contributed by atoms with Gasteiger partial charge >= 0.3 is 0 Å². The molecule has 0 atom stereocenters. The molecule has 0 saturated carbocycles. The molecule has 0 unspecified atom stereocenters. The van der Waals surface area contributed by atoms with Crippen LogP contribution in [-0.2, 0) is 6.42 Å². The second-order valence-corrected chi connectivity index (χ2v) is 5.93. The zero-order valence-electron chi connectivity index (χ0n) is 15.8. The van der Waals surface area contributed by atoms with Gasteiger partial charge in [0.15, 0.2) is 5.96 Å². The highest BCUT2D eigenvalue weighted by molar-refractivity contribution is 5.79. The first-order valence-electron chi connectivity index (χ1n) is 9.26. The molecule has 0 saturated heterocycles. The van der Waals surface area contributed by atoms with Crippen LogP contribution < -0.4 is 20.7 Å². The second kappa shape index (κ2) is 11.8. The molecule has 2 aromatic carbocycles. The van der Waals surface area contributed by atoms with Crippen molar-refractivity contribution in [2.75, 3.05) is 38.6 Å². The molecule has 3 N–H and O–H groups in total. The van der Waals surface area contributed by atoms with Crippen molar-refractivity contribution in [1.29, 1.82) is 0 Å². The van der Waals surface area contributed by atoms with E-state index in [0.717, 1.165) is 56.4 Å². The van der Waals surface area contributed by atoms with Crippen LogP contribution in [0.25, 0.3) is 0 Å². The van der Waals surface area contributed by atoms with Crippen molar-refractivity contribution in [3.05, 3.63) is 60.2 Å². The van der Waals surface area contributed by atoms with Gasteiger partial charge in [-0.2, -0.15) is 0 Å². The van der Waals surface area contributed by atoms with E-state index >= 15 is 0 Å². The summed E-state index contributed by atoms with van der Waals surface area (Å²) in [5.74, 6) is 1.77. The molecule has 0 aromatic heterocycles. The van der Waals surface area contributed by atoms with E-state index in [9.17, 15) is 0 Å². The predicted molar refractivity (Wildman–Crippen MR) is 110 cm³/mol. The Morgan fingerprint density at radius 1 is 0.962 bits per heavy atom. The minimum atomic E-state index is 0.789. The van der Waals surface area contributed by atoms with E-state index in [2.05, 4.69) is 52.1 Å². The maximum atomic E-state index is 5.19. The summed E-state index contributed by atoms with van der Waals surface area (Å²) in [7, 11) is 1.69. The quantitative estimate of drug-likeness (QED) is 0.348. The summed E-state index contributed by atoms with van der Waals surface area (Å²) in [5, 5.41) is 10.1. The molecular formula is C21H30N4O. The summed E-state index contributed by atoms with van der Waals surface area (Å²) in [4.78, 5) is 4.64. The van der Waals surface area contributed by atoms with E-state index in [1.807, 2.05) is 30.3 Å². The molecule has 26 heavy (non-hydrogen) atoms. The number of nitrogens with zero attached hydrogens (tertiary/aromatic N) is 1. The Morgan fingerprint density at radius 3 is 2.42 bits per heavy atom.